The van der Waals surface area contributed by atoms with Gasteiger partial charge in [0.2, 0.25) is 0 Å². The van der Waals surface area contributed by atoms with Crippen molar-refractivity contribution in [3.05, 3.63) is 39.9 Å². The Morgan fingerprint density at radius 2 is 2.15 bits per heavy atom. The highest BCUT2D eigenvalue weighted by Gasteiger charge is 2.01. The number of aryl methyl sites for hydroxylation is 2. The van der Waals surface area contributed by atoms with Crippen LogP contribution >= 0.6 is 0 Å². The van der Waals surface area contributed by atoms with Gasteiger partial charge in [-0.1, -0.05) is 0 Å². The summed E-state index contributed by atoms with van der Waals surface area (Å²) < 4.78 is 0. The molecule has 0 aromatic carbocycles. The summed E-state index contributed by atoms with van der Waals surface area (Å²) in [6.07, 6.45) is 1.65. The molecule has 0 radical (unpaired) electrons. The van der Waals surface area contributed by atoms with Gasteiger partial charge in [0.05, 0.1) is 11.2 Å². The van der Waals surface area contributed by atoms with E-state index in [1.54, 1.807) is 18.3 Å². The van der Waals surface area contributed by atoms with Gasteiger partial charge in [0, 0.05) is 23.3 Å². The summed E-state index contributed by atoms with van der Waals surface area (Å²) in [6, 6.07) is 3.34. The van der Waals surface area contributed by atoms with Crippen molar-refractivity contribution in [3.63, 3.8) is 0 Å². The van der Waals surface area contributed by atoms with Gasteiger partial charge < -0.3 is 4.98 Å². The number of H-pyrrole nitrogens is 1. The summed E-state index contributed by atoms with van der Waals surface area (Å²) in [4.78, 5) is 18.8. The quantitative estimate of drug-likeness (QED) is 0.658. The minimum atomic E-state index is 0.0525. The Labute approximate surface area is 75.4 Å². The predicted molar refractivity (Wildman–Crippen MR) is 51.8 cm³/mol. The lowest BCUT2D eigenvalue weighted by atomic mass is 10.2. The largest absolute Gasteiger partial charge is 0.357 e. The second kappa shape index (κ2) is 2.69. The number of pyridine rings is 2. The zero-order valence-corrected chi connectivity index (χ0v) is 7.59. The van der Waals surface area contributed by atoms with Gasteiger partial charge in [-0.25, -0.2) is 0 Å². The first kappa shape index (κ1) is 7.98. The third-order valence-corrected chi connectivity index (χ3v) is 2.08. The molecule has 3 nitrogen and oxygen atoms in total. The van der Waals surface area contributed by atoms with Crippen LogP contribution in [0.5, 0.6) is 0 Å². The van der Waals surface area contributed by atoms with Crippen molar-refractivity contribution in [2.45, 2.75) is 13.8 Å². The molecule has 0 bridgehead atoms. The van der Waals surface area contributed by atoms with Crippen LogP contribution in [0.1, 0.15) is 11.4 Å². The van der Waals surface area contributed by atoms with Crippen molar-refractivity contribution >= 4 is 10.9 Å². The topological polar surface area (TPSA) is 45.8 Å². The Morgan fingerprint density at radius 1 is 1.38 bits per heavy atom. The molecule has 2 aromatic heterocycles. The second-order valence-electron chi connectivity index (χ2n) is 3.14. The maximum absolute atomic E-state index is 11.5. The monoisotopic (exact) mass is 174 g/mol. The molecular weight excluding hydrogens is 164 g/mol. The Hall–Kier alpha value is -1.64. The smallest absolute Gasteiger partial charge is 0.189 e. The molecule has 0 unspecified atom stereocenters. The molecule has 66 valence electrons. The van der Waals surface area contributed by atoms with E-state index in [1.165, 1.54) is 0 Å². The van der Waals surface area contributed by atoms with E-state index in [2.05, 4.69) is 9.97 Å². The van der Waals surface area contributed by atoms with Crippen molar-refractivity contribution in [3.8, 4) is 0 Å². The van der Waals surface area contributed by atoms with Crippen molar-refractivity contribution in [2.24, 2.45) is 0 Å². The molecule has 0 spiro atoms. The molecule has 0 saturated carbocycles. The summed E-state index contributed by atoms with van der Waals surface area (Å²) in [5.74, 6) is 0. The van der Waals surface area contributed by atoms with Crippen molar-refractivity contribution in [1.82, 2.24) is 9.97 Å². The fourth-order valence-corrected chi connectivity index (χ4v) is 1.44. The minimum absolute atomic E-state index is 0.0525. The summed E-state index contributed by atoms with van der Waals surface area (Å²) in [5, 5.41) is 0.707. The number of hydrogen-bond donors (Lipinski definition) is 1. The molecule has 0 saturated heterocycles. The van der Waals surface area contributed by atoms with E-state index in [1.807, 2.05) is 13.8 Å². The van der Waals surface area contributed by atoms with Crippen molar-refractivity contribution in [1.29, 1.82) is 0 Å². The van der Waals surface area contributed by atoms with Crippen LogP contribution in [0.15, 0.2) is 23.1 Å². The van der Waals surface area contributed by atoms with E-state index in [-0.39, 0.29) is 5.43 Å². The molecule has 3 heteroatoms. The molecule has 2 aromatic rings. The highest BCUT2D eigenvalue weighted by Crippen LogP contribution is 2.09. The number of aromatic nitrogens is 2. The van der Waals surface area contributed by atoms with Crippen LogP contribution in [0.4, 0.5) is 0 Å². The van der Waals surface area contributed by atoms with Crippen LogP contribution < -0.4 is 5.43 Å². The number of aromatic amines is 1. The van der Waals surface area contributed by atoms with Crippen LogP contribution in [0.3, 0.4) is 0 Å². The van der Waals surface area contributed by atoms with Gasteiger partial charge in [0.15, 0.2) is 5.43 Å². The highest BCUT2D eigenvalue weighted by molar-refractivity contribution is 5.79. The van der Waals surface area contributed by atoms with Gasteiger partial charge >= 0.3 is 0 Å². The SMILES string of the molecule is Cc1cc(=O)c2ccnc(C)c2[nH]1. The molecule has 0 aliphatic rings. The zero-order chi connectivity index (χ0) is 9.42. The highest BCUT2D eigenvalue weighted by atomic mass is 16.1. The average molecular weight is 174 g/mol. The van der Waals surface area contributed by atoms with Crippen LogP contribution in [-0.4, -0.2) is 9.97 Å². The summed E-state index contributed by atoms with van der Waals surface area (Å²) >= 11 is 0. The maximum atomic E-state index is 11.5. The van der Waals surface area contributed by atoms with Gasteiger partial charge in [-0.05, 0) is 19.9 Å². The molecule has 0 aliphatic carbocycles. The standard InChI is InChI=1S/C10H10N2O/c1-6-5-9(13)8-3-4-11-7(2)10(8)12-6/h3-5H,1-2H3,(H,12,13). The number of nitrogens with zero attached hydrogens (tertiary/aromatic N) is 1. The van der Waals surface area contributed by atoms with E-state index < -0.39 is 0 Å². The lowest BCUT2D eigenvalue weighted by Crippen LogP contribution is -2.04. The van der Waals surface area contributed by atoms with Crippen molar-refractivity contribution in [2.75, 3.05) is 0 Å². The third kappa shape index (κ3) is 1.22. The molecule has 2 heterocycles. The Morgan fingerprint density at radius 3 is 2.92 bits per heavy atom. The molecule has 0 fully saturated rings. The Balaban J connectivity index is 3.03. The molecular formula is C10H10N2O. The van der Waals surface area contributed by atoms with E-state index in [0.717, 1.165) is 16.9 Å². The van der Waals surface area contributed by atoms with Gasteiger partial charge in [-0.3, -0.25) is 9.78 Å². The lowest BCUT2D eigenvalue weighted by molar-refractivity contribution is 1.17. The summed E-state index contributed by atoms with van der Waals surface area (Å²) in [5.41, 5.74) is 2.62. The maximum Gasteiger partial charge on any atom is 0.189 e. The number of fused-ring (bicyclic) bond motifs is 1. The first-order valence-electron chi connectivity index (χ1n) is 4.14. The lowest BCUT2D eigenvalue weighted by Gasteiger charge is -2.01. The number of rotatable bonds is 0. The fraction of sp³-hybridized carbons (Fsp3) is 0.200. The molecule has 0 aliphatic heterocycles. The Kier molecular flexibility index (Phi) is 1.65. The minimum Gasteiger partial charge on any atom is -0.357 e. The average Bonchev–Trinajstić information content (AvgIpc) is 2.07. The van der Waals surface area contributed by atoms with Crippen LogP contribution in [0.25, 0.3) is 10.9 Å². The molecule has 0 amide bonds. The van der Waals surface area contributed by atoms with E-state index in [4.69, 9.17) is 0 Å². The summed E-state index contributed by atoms with van der Waals surface area (Å²) in [6.45, 7) is 3.75. The van der Waals surface area contributed by atoms with Crippen LogP contribution in [0, 0.1) is 13.8 Å². The predicted octanol–water partition coefficient (Wildman–Crippen LogP) is 1.54. The van der Waals surface area contributed by atoms with Crippen LogP contribution in [0.2, 0.25) is 0 Å². The number of nitrogens with one attached hydrogen (secondary N) is 1. The zero-order valence-electron chi connectivity index (χ0n) is 7.59. The third-order valence-electron chi connectivity index (χ3n) is 2.08. The van der Waals surface area contributed by atoms with E-state index in [0.29, 0.717) is 5.39 Å². The first-order valence-corrected chi connectivity index (χ1v) is 4.14. The van der Waals surface area contributed by atoms with Crippen molar-refractivity contribution < 1.29 is 0 Å². The summed E-state index contributed by atoms with van der Waals surface area (Å²) in [7, 11) is 0. The van der Waals surface area contributed by atoms with Crippen LogP contribution in [-0.2, 0) is 0 Å². The van der Waals surface area contributed by atoms with Gasteiger partial charge in [-0.15, -0.1) is 0 Å². The van der Waals surface area contributed by atoms with Gasteiger partial charge in [0.25, 0.3) is 0 Å². The van der Waals surface area contributed by atoms with E-state index in [9.17, 15) is 4.79 Å². The fourth-order valence-electron chi connectivity index (χ4n) is 1.44. The van der Waals surface area contributed by atoms with E-state index >= 15 is 0 Å². The molecule has 0 atom stereocenters. The first-order chi connectivity index (χ1) is 6.18. The van der Waals surface area contributed by atoms with Gasteiger partial charge in [0.1, 0.15) is 0 Å². The molecule has 13 heavy (non-hydrogen) atoms. The molecule has 1 N–H and O–H groups in total. The molecule has 2 rings (SSSR count). The van der Waals surface area contributed by atoms with Gasteiger partial charge in [-0.2, -0.15) is 0 Å². The second-order valence-corrected chi connectivity index (χ2v) is 3.14. The number of hydrogen-bond acceptors (Lipinski definition) is 2. The normalized spacial score (nSPS) is 10.6. The Bertz CT molecular complexity index is 514.